The minimum absolute atomic E-state index is 0.0104. The zero-order chi connectivity index (χ0) is 23.8. The van der Waals surface area contributed by atoms with Crippen molar-refractivity contribution in [3.05, 3.63) is 64.7 Å². The third-order valence-corrected chi connectivity index (χ3v) is 5.74. The standard InChI is InChI=1S/C26H31N3O5/c1-2-32-19-11-13-20(14-12-19)33-16-6-10-25(30)29(17-21-7-5-15-34-21)18-24-27-23-9-4-3-8-22(23)26(31)28-24/h3-4,8-9,11-14,21H,2,5-7,10,15-18H2,1H3,(H,27,28,31). The van der Waals surface area contributed by atoms with Crippen molar-refractivity contribution in [1.29, 1.82) is 0 Å². The highest BCUT2D eigenvalue weighted by molar-refractivity contribution is 5.78. The van der Waals surface area contributed by atoms with E-state index in [1.165, 1.54) is 0 Å². The summed E-state index contributed by atoms with van der Waals surface area (Å²) in [6.45, 7) is 4.42. The van der Waals surface area contributed by atoms with Gasteiger partial charge >= 0.3 is 0 Å². The molecule has 1 saturated heterocycles. The summed E-state index contributed by atoms with van der Waals surface area (Å²) in [5, 5.41) is 0.537. The van der Waals surface area contributed by atoms with Crippen LogP contribution in [-0.4, -0.2) is 53.2 Å². The number of para-hydroxylation sites is 1. The van der Waals surface area contributed by atoms with Gasteiger partial charge in [0.25, 0.3) is 5.56 Å². The van der Waals surface area contributed by atoms with Crippen LogP contribution in [0.2, 0.25) is 0 Å². The van der Waals surface area contributed by atoms with Gasteiger partial charge in [-0.25, -0.2) is 4.98 Å². The van der Waals surface area contributed by atoms with Crippen molar-refractivity contribution in [2.45, 2.75) is 45.3 Å². The molecule has 180 valence electrons. The zero-order valence-electron chi connectivity index (χ0n) is 19.5. The summed E-state index contributed by atoms with van der Waals surface area (Å²) < 4.78 is 17.0. The molecule has 8 heteroatoms. The van der Waals surface area contributed by atoms with E-state index in [1.54, 1.807) is 17.0 Å². The number of nitrogens with zero attached hydrogens (tertiary/aromatic N) is 2. The van der Waals surface area contributed by atoms with Crippen molar-refractivity contribution in [3.8, 4) is 11.5 Å². The van der Waals surface area contributed by atoms with Crippen LogP contribution >= 0.6 is 0 Å². The lowest BCUT2D eigenvalue weighted by Crippen LogP contribution is -2.38. The molecule has 1 N–H and O–H groups in total. The average Bonchev–Trinajstić information content (AvgIpc) is 3.36. The minimum Gasteiger partial charge on any atom is -0.494 e. The minimum atomic E-state index is -0.200. The first-order valence-corrected chi connectivity index (χ1v) is 11.9. The molecule has 34 heavy (non-hydrogen) atoms. The Balaban J connectivity index is 1.36. The summed E-state index contributed by atoms with van der Waals surface area (Å²) in [5.41, 5.74) is 0.420. The lowest BCUT2D eigenvalue weighted by Gasteiger charge is -2.25. The van der Waals surface area contributed by atoms with Crippen LogP contribution in [0.25, 0.3) is 10.9 Å². The summed E-state index contributed by atoms with van der Waals surface area (Å²) in [5.74, 6) is 2.00. The molecule has 1 atom stereocenters. The zero-order valence-corrected chi connectivity index (χ0v) is 19.5. The van der Waals surface area contributed by atoms with Crippen LogP contribution in [0.1, 0.15) is 38.4 Å². The number of hydrogen-bond acceptors (Lipinski definition) is 6. The number of hydrogen-bond donors (Lipinski definition) is 1. The predicted molar refractivity (Wildman–Crippen MR) is 129 cm³/mol. The van der Waals surface area contributed by atoms with E-state index in [0.29, 0.717) is 55.9 Å². The highest BCUT2D eigenvalue weighted by Crippen LogP contribution is 2.19. The number of rotatable bonds is 11. The van der Waals surface area contributed by atoms with Crippen molar-refractivity contribution < 1.29 is 19.0 Å². The summed E-state index contributed by atoms with van der Waals surface area (Å²) in [4.78, 5) is 34.7. The molecule has 4 rings (SSSR count). The second kappa shape index (κ2) is 11.7. The molecule has 1 aliphatic heterocycles. The van der Waals surface area contributed by atoms with E-state index >= 15 is 0 Å². The van der Waals surface area contributed by atoms with Gasteiger partial charge in [-0.1, -0.05) is 12.1 Å². The monoisotopic (exact) mass is 465 g/mol. The highest BCUT2D eigenvalue weighted by Gasteiger charge is 2.23. The normalized spacial score (nSPS) is 15.4. The number of aromatic amines is 1. The molecule has 2 aromatic carbocycles. The fourth-order valence-corrected chi connectivity index (χ4v) is 4.05. The first kappa shape index (κ1) is 23.8. The maximum Gasteiger partial charge on any atom is 0.258 e. The Morgan fingerprint density at radius 3 is 2.65 bits per heavy atom. The summed E-state index contributed by atoms with van der Waals surface area (Å²) in [6, 6.07) is 14.6. The Kier molecular flexibility index (Phi) is 8.14. The van der Waals surface area contributed by atoms with Crippen LogP contribution in [0.15, 0.2) is 53.3 Å². The highest BCUT2D eigenvalue weighted by atomic mass is 16.5. The van der Waals surface area contributed by atoms with Crippen molar-refractivity contribution >= 4 is 16.8 Å². The first-order valence-electron chi connectivity index (χ1n) is 11.9. The molecule has 0 radical (unpaired) electrons. The summed E-state index contributed by atoms with van der Waals surface area (Å²) in [7, 11) is 0. The van der Waals surface area contributed by atoms with Gasteiger partial charge in [0.15, 0.2) is 0 Å². The van der Waals surface area contributed by atoms with Gasteiger partial charge < -0.3 is 24.1 Å². The quantitative estimate of drug-likeness (QED) is 0.434. The number of amides is 1. The lowest BCUT2D eigenvalue weighted by molar-refractivity contribution is -0.133. The van der Waals surface area contributed by atoms with E-state index in [0.717, 1.165) is 24.3 Å². The number of benzene rings is 2. The molecule has 2 heterocycles. The maximum absolute atomic E-state index is 13.1. The van der Waals surface area contributed by atoms with Crippen molar-refractivity contribution in [2.24, 2.45) is 0 Å². The van der Waals surface area contributed by atoms with Crippen molar-refractivity contribution in [1.82, 2.24) is 14.9 Å². The molecule has 8 nitrogen and oxygen atoms in total. The van der Waals surface area contributed by atoms with E-state index < -0.39 is 0 Å². The number of ether oxygens (including phenoxy) is 3. The number of fused-ring (bicyclic) bond motifs is 1. The van der Waals surface area contributed by atoms with E-state index in [-0.39, 0.29) is 24.1 Å². The Morgan fingerprint density at radius 2 is 1.91 bits per heavy atom. The molecular weight excluding hydrogens is 434 g/mol. The van der Waals surface area contributed by atoms with Crippen LogP contribution in [0.3, 0.4) is 0 Å². The SMILES string of the molecule is CCOc1ccc(OCCCC(=O)N(Cc2nc3ccccc3c(=O)[nH]2)CC2CCCO2)cc1. The molecule has 1 unspecified atom stereocenters. The van der Waals surface area contributed by atoms with Gasteiger partial charge in [-0.05, 0) is 62.6 Å². The van der Waals surface area contributed by atoms with Crippen LogP contribution in [0.5, 0.6) is 11.5 Å². The molecule has 3 aromatic rings. The molecule has 0 bridgehead atoms. The fraction of sp³-hybridized carbons (Fsp3) is 0.423. The Bertz CT molecular complexity index is 1140. The van der Waals surface area contributed by atoms with E-state index in [4.69, 9.17) is 14.2 Å². The van der Waals surface area contributed by atoms with Gasteiger partial charge in [-0.15, -0.1) is 0 Å². The van der Waals surface area contributed by atoms with Crippen molar-refractivity contribution in [2.75, 3.05) is 26.4 Å². The maximum atomic E-state index is 13.1. The van der Waals surface area contributed by atoms with Gasteiger partial charge in [0.05, 0.1) is 36.8 Å². The number of carbonyl (C=O) groups excluding carboxylic acids is 1. The Labute approximate surface area is 198 Å². The number of H-pyrrole nitrogens is 1. The average molecular weight is 466 g/mol. The predicted octanol–water partition coefficient (Wildman–Crippen LogP) is 3.69. The fourth-order valence-electron chi connectivity index (χ4n) is 4.05. The van der Waals surface area contributed by atoms with Crippen molar-refractivity contribution in [3.63, 3.8) is 0 Å². The number of carbonyl (C=O) groups is 1. The molecule has 0 aliphatic carbocycles. The molecule has 0 saturated carbocycles. The molecule has 1 aliphatic rings. The number of aromatic nitrogens is 2. The Hall–Kier alpha value is -3.39. The van der Waals surface area contributed by atoms with E-state index in [1.807, 2.05) is 43.3 Å². The van der Waals surface area contributed by atoms with Gasteiger partial charge in [0, 0.05) is 19.6 Å². The van der Waals surface area contributed by atoms with Crippen LogP contribution in [-0.2, 0) is 16.1 Å². The van der Waals surface area contributed by atoms with Crippen LogP contribution in [0, 0.1) is 0 Å². The van der Waals surface area contributed by atoms with Crippen LogP contribution < -0.4 is 15.0 Å². The molecule has 1 amide bonds. The second-order valence-electron chi connectivity index (χ2n) is 8.30. The van der Waals surface area contributed by atoms with Gasteiger partial charge in [-0.2, -0.15) is 0 Å². The molecular formula is C26H31N3O5. The summed E-state index contributed by atoms with van der Waals surface area (Å²) >= 11 is 0. The third kappa shape index (κ3) is 6.35. The summed E-state index contributed by atoms with van der Waals surface area (Å²) in [6.07, 6.45) is 2.84. The largest absolute Gasteiger partial charge is 0.494 e. The van der Waals surface area contributed by atoms with Gasteiger partial charge in [0.1, 0.15) is 17.3 Å². The second-order valence-corrected chi connectivity index (χ2v) is 8.30. The Morgan fingerprint density at radius 1 is 1.15 bits per heavy atom. The van der Waals surface area contributed by atoms with E-state index in [9.17, 15) is 9.59 Å². The number of nitrogens with one attached hydrogen (secondary N) is 1. The van der Waals surface area contributed by atoms with Crippen LogP contribution in [0.4, 0.5) is 0 Å². The molecule has 1 fully saturated rings. The van der Waals surface area contributed by atoms with E-state index in [2.05, 4.69) is 9.97 Å². The molecule has 1 aromatic heterocycles. The topological polar surface area (TPSA) is 93.8 Å². The lowest BCUT2D eigenvalue weighted by atomic mass is 10.2. The molecule has 0 spiro atoms. The first-order chi connectivity index (χ1) is 16.6. The third-order valence-electron chi connectivity index (χ3n) is 5.74. The van der Waals surface area contributed by atoms with Gasteiger partial charge in [0.2, 0.25) is 5.91 Å². The smallest absolute Gasteiger partial charge is 0.258 e. The van der Waals surface area contributed by atoms with Gasteiger partial charge in [-0.3, -0.25) is 9.59 Å².